The average molecular weight is 1270 g/mol. The number of rotatable bonds is 25. The van der Waals surface area contributed by atoms with Crippen LogP contribution in [-0.4, -0.2) is 116 Å². The standard InChI is InChI=1S/C23H29FNO3PS.C16H24NO3PS.C14H18BrO3PS.C2H7N.Al.B.HN/c1-5-27-29(26,28-6-2)21(15-17-11-7-9-13-20(17)24)23-19(16-25(3)4)18-12-8-10-14-22(18)30-23;1-5-19-21(18,20-6-2)12-16-14(11-17(3)4)13-9-7-8-10-15(13)22-16;1-3-17-19(16,18-4-2)10-14-12(9-15)11-7-5-6-8-13(11)20-14;1-3-2;;;/h7-14,21H,5-6,15-16H2,1-4H3;7-10H,5-6,11-12H2,1-4H3;5-8H,3-4,9-10H2,1-2H3;3H,1-2H3;;;1H. The molecule has 0 aliphatic heterocycles. The van der Waals surface area contributed by atoms with Crippen molar-refractivity contribution in [3.8, 4) is 0 Å². The summed E-state index contributed by atoms with van der Waals surface area (Å²) in [6.45, 7) is 14.6. The van der Waals surface area contributed by atoms with Crippen LogP contribution in [0.15, 0.2) is 97.1 Å². The summed E-state index contributed by atoms with van der Waals surface area (Å²) >= 11 is 10.1. The molecule has 0 aliphatic carbocycles. The van der Waals surface area contributed by atoms with Crippen molar-refractivity contribution in [1.82, 2.24) is 15.1 Å². The Kier molecular flexibility index (Phi) is 34.3. The topological polar surface area (TPSA) is 149 Å². The maximum atomic E-state index is 14.6. The van der Waals surface area contributed by atoms with Gasteiger partial charge in [0.1, 0.15) is 11.5 Å². The van der Waals surface area contributed by atoms with Crippen molar-refractivity contribution in [2.24, 2.45) is 0 Å². The fourth-order valence-electron chi connectivity index (χ4n) is 8.25. The van der Waals surface area contributed by atoms with Gasteiger partial charge in [0.15, 0.2) is 0 Å². The summed E-state index contributed by atoms with van der Waals surface area (Å²) in [6, 6.07) is 31.3. The fourth-order valence-corrected chi connectivity index (χ4v) is 19.5. The molecule has 0 spiro atoms. The van der Waals surface area contributed by atoms with Crippen LogP contribution in [0.4, 0.5) is 4.39 Å². The van der Waals surface area contributed by atoms with Gasteiger partial charge in [-0.2, -0.15) is 0 Å². The molecule has 7 aromatic rings. The Morgan fingerprint density at radius 1 is 0.564 bits per heavy atom. The molecule has 426 valence electrons. The first-order valence-electron chi connectivity index (χ1n) is 25.5. The molecule has 1 atom stereocenters. The first-order chi connectivity index (χ1) is 36.9. The predicted octanol–water partition coefficient (Wildman–Crippen LogP) is 16.3. The number of halogens is 2. The van der Waals surface area contributed by atoms with Crippen molar-refractivity contribution in [2.45, 2.75) is 84.4 Å². The van der Waals surface area contributed by atoms with Gasteiger partial charge in [0.25, 0.3) is 0 Å². The van der Waals surface area contributed by atoms with Gasteiger partial charge in [-0.25, -0.2) is 4.39 Å². The van der Waals surface area contributed by atoms with Gasteiger partial charge in [-0.3, -0.25) is 13.7 Å². The zero-order valence-corrected chi connectivity index (χ0v) is 55.2. The number of nitrogens with one attached hydrogen (secondary N) is 2. The third-order valence-electron chi connectivity index (χ3n) is 11.0. The molecule has 0 bridgehead atoms. The molecule has 0 aliphatic rings. The van der Waals surface area contributed by atoms with Gasteiger partial charge in [0.05, 0.1) is 52.0 Å². The number of nitrogens with zero attached hydrogens (tertiary/aromatic N) is 2. The Morgan fingerprint density at radius 3 is 1.31 bits per heavy atom. The summed E-state index contributed by atoms with van der Waals surface area (Å²) in [5.74, 6) is -0.308. The first kappa shape index (κ1) is 72.0. The molecule has 23 heteroatoms. The number of thiophene rings is 3. The second-order valence-electron chi connectivity index (χ2n) is 17.4. The van der Waals surface area contributed by atoms with Gasteiger partial charge in [-0.15, -0.1) is 34.0 Å². The van der Waals surface area contributed by atoms with Crippen LogP contribution in [0.25, 0.3) is 30.3 Å². The predicted molar refractivity (Wildman–Crippen MR) is 335 cm³/mol. The molecule has 4 radical (unpaired) electrons. The number of hydrogen-bond donors (Lipinski definition) is 2. The van der Waals surface area contributed by atoms with Crippen molar-refractivity contribution in [2.75, 3.05) is 81.9 Å². The van der Waals surface area contributed by atoms with Crippen molar-refractivity contribution in [3.63, 3.8) is 0 Å². The van der Waals surface area contributed by atoms with E-state index in [4.69, 9.17) is 31.5 Å². The van der Waals surface area contributed by atoms with Crippen LogP contribution in [0.1, 0.15) is 84.1 Å². The SMILES string of the molecule is CCOP(=O)(Cc1sc2ccccc2c1CBr)OCC.CCOP(=O)(Cc1sc2ccccc2c1CN(C)C)OCC.CCOP(=O)(OCC)C(Cc1ccccc1F)c1sc2ccccc2c1CN(C)C.CNC.[B].[NH]=[Al]. The minimum absolute atomic E-state index is 0. The molecular formula is C55H79AlBBrFN4O9P3S3. The summed E-state index contributed by atoms with van der Waals surface area (Å²) in [6.07, 6.45) is 0.934. The molecule has 0 amide bonds. The third kappa shape index (κ3) is 21.3. The monoisotopic (exact) mass is 1260 g/mol. The van der Waals surface area contributed by atoms with Crippen LogP contribution in [0, 0.1) is 10.2 Å². The average Bonchev–Trinajstić information content (AvgIpc) is 4.07. The Labute approximate surface area is 494 Å². The number of hydrogen-bond acceptors (Lipinski definition) is 16. The zero-order chi connectivity index (χ0) is 57.2. The first-order valence-corrected chi connectivity index (χ1v) is 34.7. The van der Waals surface area contributed by atoms with Crippen LogP contribution >= 0.6 is 72.7 Å². The van der Waals surface area contributed by atoms with Crippen LogP contribution in [-0.2, 0) is 78.0 Å². The molecular weight excluding hydrogens is 1190 g/mol. The van der Waals surface area contributed by atoms with E-state index in [1.807, 2.05) is 106 Å². The Hall–Kier alpha value is -2.10. The molecule has 2 N–H and O–H groups in total. The maximum absolute atomic E-state index is 14.6. The molecule has 3 heterocycles. The van der Waals surface area contributed by atoms with E-state index < -0.39 is 28.4 Å². The molecule has 3 aromatic heterocycles. The molecule has 78 heavy (non-hydrogen) atoms. The Morgan fingerprint density at radius 2 is 0.910 bits per heavy atom. The van der Waals surface area contributed by atoms with E-state index in [0.29, 0.717) is 50.9 Å². The fraction of sp³-hybridized carbons (Fsp3) is 0.455. The second kappa shape index (κ2) is 37.2. The zero-order valence-electron chi connectivity index (χ0n) is 47.3. The van der Waals surface area contributed by atoms with Gasteiger partial charge in [0.2, 0.25) is 0 Å². The number of benzene rings is 4. The third-order valence-corrected chi connectivity index (χ3v) is 22.4. The summed E-state index contributed by atoms with van der Waals surface area (Å²) < 4.78 is 96.5. The van der Waals surface area contributed by atoms with E-state index in [9.17, 15) is 18.1 Å². The van der Waals surface area contributed by atoms with E-state index in [0.717, 1.165) is 42.2 Å². The molecule has 4 aromatic carbocycles. The quantitative estimate of drug-likeness (QED) is 0.0319. The molecule has 0 saturated heterocycles. The van der Waals surface area contributed by atoms with Crippen molar-refractivity contribution in [1.29, 1.82) is 4.35 Å². The van der Waals surface area contributed by atoms with E-state index in [-0.39, 0.29) is 33.9 Å². The van der Waals surface area contributed by atoms with Gasteiger partial charge < -0.3 is 42.3 Å². The number of fused-ring (bicyclic) bond motifs is 3. The minimum atomic E-state index is -3.54. The van der Waals surface area contributed by atoms with Crippen LogP contribution < -0.4 is 5.32 Å². The van der Waals surface area contributed by atoms with E-state index in [1.54, 1.807) is 82.2 Å². The Balaban J connectivity index is 0.000000390. The molecule has 13 nitrogen and oxygen atoms in total. The van der Waals surface area contributed by atoms with Crippen LogP contribution in [0.2, 0.25) is 0 Å². The molecule has 7 rings (SSSR count). The van der Waals surface area contributed by atoms with Gasteiger partial charge in [-0.05, 0) is 153 Å². The number of alkyl halides is 1. The Bertz CT molecular complexity index is 2980. The van der Waals surface area contributed by atoms with Crippen molar-refractivity contribution < 1.29 is 45.2 Å². The second-order valence-corrected chi connectivity index (χ2v) is 27.7. The molecule has 0 saturated carbocycles. The summed E-state index contributed by atoms with van der Waals surface area (Å²) in [5.41, 5.74) is 3.44. The van der Waals surface area contributed by atoms with Crippen LogP contribution in [0.5, 0.6) is 0 Å². The summed E-state index contributed by atoms with van der Waals surface area (Å²) in [5, 5.41) is 7.06. The summed E-state index contributed by atoms with van der Waals surface area (Å²) in [7, 11) is 2.19. The van der Waals surface area contributed by atoms with E-state index in [2.05, 4.69) is 67.4 Å². The van der Waals surface area contributed by atoms with Crippen molar-refractivity contribution >= 4 is 127 Å². The molecule has 1 unspecified atom stereocenters. The van der Waals surface area contributed by atoms with Crippen molar-refractivity contribution in [3.05, 3.63) is 140 Å². The van der Waals surface area contributed by atoms with Gasteiger partial charge >= 0.3 is 43.2 Å². The van der Waals surface area contributed by atoms with Gasteiger partial charge in [0, 0.05) is 55.6 Å². The van der Waals surface area contributed by atoms with E-state index >= 15 is 0 Å². The van der Waals surface area contributed by atoms with Crippen LogP contribution in [0.3, 0.4) is 0 Å². The molecule has 0 fully saturated rings. The summed E-state index contributed by atoms with van der Waals surface area (Å²) in [4.78, 5) is 7.33. The van der Waals surface area contributed by atoms with Gasteiger partial charge in [-0.1, -0.05) is 88.7 Å². The van der Waals surface area contributed by atoms with E-state index in [1.165, 1.54) is 37.4 Å². The normalized spacial score (nSPS) is 12.0.